The van der Waals surface area contributed by atoms with Gasteiger partial charge in [0.05, 0.1) is 18.7 Å². The molecule has 2 amide bonds. The number of nitrogens with one attached hydrogen (secondary N) is 2. The molecule has 1 aliphatic rings. The first kappa shape index (κ1) is 15.9. The Labute approximate surface area is 139 Å². The molecule has 24 heavy (non-hydrogen) atoms. The van der Waals surface area contributed by atoms with E-state index in [0.717, 1.165) is 11.3 Å². The zero-order valence-electron chi connectivity index (χ0n) is 13.3. The summed E-state index contributed by atoms with van der Waals surface area (Å²) in [5.41, 5.74) is 2.10. The zero-order chi connectivity index (χ0) is 16.9. The summed E-state index contributed by atoms with van der Waals surface area (Å²) in [5.74, 6) is 1.05. The van der Waals surface area contributed by atoms with E-state index in [4.69, 9.17) is 9.47 Å². The van der Waals surface area contributed by atoms with Crippen molar-refractivity contribution >= 4 is 23.2 Å². The van der Waals surface area contributed by atoms with Crippen molar-refractivity contribution in [2.24, 2.45) is 0 Å². The van der Waals surface area contributed by atoms with E-state index < -0.39 is 0 Å². The number of fused-ring (bicyclic) bond motifs is 1. The van der Waals surface area contributed by atoms with Crippen molar-refractivity contribution in [1.82, 2.24) is 0 Å². The number of hydrogen-bond donors (Lipinski definition) is 2. The lowest BCUT2D eigenvalue weighted by Gasteiger charge is -2.18. The van der Waals surface area contributed by atoms with Crippen LogP contribution in [0.2, 0.25) is 0 Å². The van der Waals surface area contributed by atoms with Crippen molar-refractivity contribution in [3.8, 4) is 11.5 Å². The van der Waals surface area contributed by atoms with Gasteiger partial charge in [0.1, 0.15) is 11.5 Å². The average molecular weight is 326 g/mol. The van der Waals surface area contributed by atoms with Crippen LogP contribution >= 0.6 is 0 Å². The Bertz CT molecular complexity index is 756. The highest BCUT2D eigenvalue weighted by atomic mass is 16.5. The van der Waals surface area contributed by atoms with Crippen molar-refractivity contribution in [2.75, 3.05) is 23.8 Å². The third kappa shape index (κ3) is 3.84. The Hall–Kier alpha value is -3.02. The van der Waals surface area contributed by atoms with Crippen molar-refractivity contribution in [3.63, 3.8) is 0 Å². The van der Waals surface area contributed by atoms with Crippen molar-refractivity contribution in [1.29, 1.82) is 0 Å². The Morgan fingerprint density at radius 3 is 2.79 bits per heavy atom. The largest absolute Gasteiger partial charge is 0.494 e. The molecule has 0 radical (unpaired) electrons. The predicted molar refractivity (Wildman–Crippen MR) is 90.5 cm³/mol. The van der Waals surface area contributed by atoms with E-state index in [-0.39, 0.29) is 24.8 Å². The number of anilines is 2. The lowest BCUT2D eigenvalue weighted by atomic mass is 10.1. The maximum Gasteiger partial charge on any atom is 0.262 e. The van der Waals surface area contributed by atoms with E-state index in [1.54, 1.807) is 24.3 Å². The summed E-state index contributed by atoms with van der Waals surface area (Å²) in [6, 6.07) is 12.5. The molecule has 1 heterocycles. The summed E-state index contributed by atoms with van der Waals surface area (Å²) >= 11 is 0. The number of benzene rings is 2. The molecule has 6 heteroatoms. The molecule has 0 aliphatic carbocycles. The Balaban J connectivity index is 1.62. The predicted octanol–water partition coefficient (Wildman–Crippen LogP) is 2.60. The minimum atomic E-state index is -0.196. The molecule has 0 atom stereocenters. The van der Waals surface area contributed by atoms with Gasteiger partial charge >= 0.3 is 0 Å². The molecule has 0 fully saturated rings. The number of carbonyl (C=O) groups is 2. The number of carbonyl (C=O) groups excluding carboxylic acids is 2. The molecule has 1 aliphatic heterocycles. The van der Waals surface area contributed by atoms with Crippen LogP contribution in [0.4, 0.5) is 11.4 Å². The van der Waals surface area contributed by atoms with Gasteiger partial charge in [-0.3, -0.25) is 9.59 Å². The SMILES string of the molecule is CCOc1ccc(NC(=O)Cc2ccc3c(c2)NC(=O)CO3)cc1. The lowest BCUT2D eigenvalue weighted by molar-refractivity contribution is -0.118. The van der Waals surface area contributed by atoms with Crippen LogP contribution in [0.3, 0.4) is 0 Å². The van der Waals surface area contributed by atoms with Crippen molar-refractivity contribution < 1.29 is 19.1 Å². The summed E-state index contributed by atoms with van der Waals surface area (Å²) in [6.45, 7) is 2.54. The second-order valence-electron chi connectivity index (χ2n) is 5.35. The fraction of sp³-hybridized carbons (Fsp3) is 0.222. The van der Waals surface area contributed by atoms with Gasteiger partial charge in [-0.05, 0) is 48.9 Å². The van der Waals surface area contributed by atoms with E-state index in [2.05, 4.69) is 10.6 Å². The quantitative estimate of drug-likeness (QED) is 0.885. The molecule has 2 aromatic carbocycles. The molecular weight excluding hydrogens is 308 g/mol. The van der Waals surface area contributed by atoms with Crippen LogP contribution in [0, 0.1) is 0 Å². The molecule has 0 saturated heterocycles. The van der Waals surface area contributed by atoms with Crippen LogP contribution in [-0.2, 0) is 16.0 Å². The summed E-state index contributed by atoms with van der Waals surface area (Å²) in [7, 11) is 0. The van der Waals surface area contributed by atoms with Gasteiger partial charge in [0.15, 0.2) is 6.61 Å². The van der Waals surface area contributed by atoms with Crippen LogP contribution < -0.4 is 20.1 Å². The third-order valence-electron chi connectivity index (χ3n) is 3.49. The Morgan fingerprint density at radius 1 is 1.25 bits per heavy atom. The molecule has 0 aromatic heterocycles. The van der Waals surface area contributed by atoms with Gasteiger partial charge in [-0.15, -0.1) is 0 Å². The molecule has 6 nitrogen and oxygen atoms in total. The highest BCUT2D eigenvalue weighted by Crippen LogP contribution is 2.28. The number of ether oxygens (including phenoxy) is 2. The van der Waals surface area contributed by atoms with Crippen LogP contribution in [0.25, 0.3) is 0 Å². The standard InChI is InChI=1S/C18H18N2O4/c1-2-23-14-6-4-13(5-7-14)19-17(21)10-12-3-8-16-15(9-12)20-18(22)11-24-16/h3-9H,2,10-11H2,1H3,(H,19,21)(H,20,22). The molecule has 2 aromatic rings. The fourth-order valence-electron chi connectivity index (χ4n) is 2.43. The van der Waals surface area contributed by atoms with Crippen LogP contribution in [0.5, 0.6) is 11.5 Å². The molecule has 0 saturated carbocycles. The lowest BCUT2D eigenvalue weighted by Crippen LogP contribution is -2.25. The minimum Gasteiger partial charge on any atom is -0.494 e. The maximum atomic E-state index is 12.2. The highest BCUT2D eigenvalue weighted by molar-refractivity contribution is 5.96. The molecule has 0 bridgehead atoms. The topological polar surface area (TPSA) is 76.7 Å². The average Bonchev–Trinajstić information content (AvgIpc) is 2.56. The highest BCUT2D eigenvalue weighted by Gasteiger charge is 2.16. The summed E-state index contributed by atoms with van der Waals surface area (Å²) in [6.07, 6.45) is 0.205. The van der Waals surface area contributed by atoms with Gasteiger partial charge in [0.2, 0.25) is 5.91 Å². The number of hydrogen-bond acceptors (Lipinski definition) is 4. The van der Waals surface area contributed by atoms with Gasteiger partial charge in [0.25, 0.3) is 5.91 Å². The monoisotopic (exact) mass is 326 g/mol. The van der Waals surface area contributed by atoms with Gasteiger partial charge in [-0.25, -0.2) is 0 Å². The van der Waals surface area contributed by atoms with E-state index in [0.29, 0.717) is 23.7 Å². The Morgan fingerprint density at radius 2 is 2.04 bits per heavy atom. The minimum absolute atomic E-state index is 0.0184. The molecule has 2 N–H and O–H groups in total. The number of rotatable bonds is 5. The fourth-order valence-corrected chi connectivity index (χ4v) is 2.43. The summed E-state index contributed by atoms with van der Waals surface area (Å²) in [4.78, 5) is 23.5. The molecule has 3 rings (SSSR count). The Kier molecular flexibility index (Phi) is 4.65. The third-order valence-corrected chi connectivity index (χ3v) is 3.49. The smallest absolute Gasteiger partial charge is 0.262 e. The first-order valence-corrected chi connectivity index (χ1v) is 7.72. The van der Waals surface area contributed by atoms with E-state index in [9.17, 15) is 9.59 Å². The van der Waals surface area contributed by atoms with Crippen molar-refractivity contribution in [2.45, 2.75) is 13.3 Å². The summed E-state index contributed by atoms with van der Waals surface area (Å²) in [5, 5.41) is 5.57. The molecular formula is C18H18N2O4. The molecule has 0 unspecified atom stereocenters. The summed E-state index contributed by atoms with van der Waals surface area (Å²) < 4.78 is 10.7. The second kappa shape index (κ2) is 7.04. The van der Waals surface area contributed by atoms with Crippen LogP contribution in [0.1, 0.15) is 12.5 Å². The van der Waals surface area contributed by atoms with Crippen molar-refractivity contribution in [3.05, 3.63) is 48.0 Å². The van der Waals surface area contributed by atoms with Gasteiger partial charge in [-0.2, -0.15) is 0 Å². The first-order valence-electron chi connectivity index (χ1n) is 7.72. The molecule has 124 valence electrons. The zero-order valence-corrected chi connectivity index (χ0v) is 13.3. The van der Waals surface area contributed by atoms with E-state index >= 15 is 0 Å². The van der Waals surface area contributed by atoms with Crippen LogP contribution in [-0.4, -0.2) is 25.0 Å². The van der Waals surface area contributed by atoms with E-state index in [1.165, 1.54) is 0 Å². The number of amides is 2. The van der Waals surface area contributed by atoms with Gasteiger partial charge in [-0.1, -0.05) is 6.07 Å². The van der Waals surface area contributed by atoms with Crippen LogP contribution in [0.15, 0.2) is 42.5 Å². The van der Waals surface area contributed by atoms with Gasteiger partial charge in [0, 0.05) is 5.69 Å². The first-order chi connectivity index (χ1) is 11.6. The maximum absolute atomic E-state index is 12.2. The molecule has 0 spiro atoms. The second-order valence-corrected chi connectivity index (χ2v) is 5.35. The van der Waals surface area contributed by atoms with E-state index in [1.807, 2.05) is 25.1 Å². The normalized spacial score (nSPS) is 12.6. The van der Waals surface area contributed by atoms with Gasteiger partial charge < -0.3 is 20.1 Å².